The molecule has 0 atom stereocenters. The number of nitrogens with one attached hydrogen (secondary N) is 1. The molecule has 2 aliphatic rings. The number of carboxylic acid groups (broad SMARTS) is 1. The first-order chi connectivity index (χ1) is 9.65. The lowest BCUT2D eigenvalue weighted by atomic mass is 9.86. The first kappa shape index (κ1) is 13.1. The van der Waals surface area contributed by atoms with E-state index in [9.17, 15) is 9.59 Å². The molecule has 0 bridgehead atoms. The fourth-order valence-electron chi connectivity index (χ4n) is 2.84. The maximum Gasteiger partial charge on any atom is 0.306 e. The van der Waals surface area contributed by atoms with Gasteiger partial charge in [-0.15, -0.1) is 0 Å². The van der Waals surface area contributed by atoms with Crippen molar-refractivity contribution < 1.29 is 9.90 Å². The first-order valence-electron chi connectivity index (χ1n) is 7.21. The van der Waals surface area contributed by atoms with Gasteiger partial charge >= 0.3 is 5.97 Å². The second-order valence-electron chi connectivity index (χ2n) is 5.75. The van der Waals surface area contributed by atoms with Gasteiger partial charge < -0.3 is 15.0 Å². The van der Waals surface area contributed by atoms with E-state index < -0.39 is 5.97 Å². The monoisotopic (exact) mass is 277 g/mol. The number of carboxylic acids is 1. The molecule has 20 heavy (non-hydrogen) atoms. The van der Waals surface area contributed by atoms with Crippen LogP contribution in [0.25, 0.3) is 0 Å². The Hall–Kier alpha value is -1.85. The van der Waals surface area contributed by atoms with Crippen LogP contribution in [-0.2, 0) is 4.79 Å². The summed E-state index contributed by atoms with van der Waals surface area (Å²) >= 11 is 0. The minimum absolute atomic E-state index is 0.0599. The van der Waals surface area contributed by atoms with E-state index in [0.717, 1.165) is 25.7 Å². The van der Waals surface area contributed by atoms with Crippen LogP contribution in [0.3, 0.4) is 0 Å². The largest absolute Gasteiger partial charge is 0.481 e. The Morgan fingerprint density at radius 3 is 2.55 bits per heavy atom. The number of carbonyl (C=O) groups is 1. The van der Waals surface area contributed by atoms with Crippen LogP contribution in [-0.4, -0.2) is 26.7 Å². The minimum atomic E-state index is -0.711. The molecule has 2 fully saturated rings. The molecule has 1 aromatic rings. The fraction of sp³-hybridized carbons (Fsp3) is 0.643. The van der Waals surface area contributed by atoms with Crippen molar-refractivity contribution in [2.24, 2.45) is 5.92 Å². The number of rotatable bonds is 4. The summed E-state index contributed by atoms with van der Waals surface area (Å²) in [5.41, 5.74) is -0.0599. The highest BCUT2D eigenvalue weighted by Gasteiger charge is 2.28. The summed E-state index contributed by atoms with van der Waals surface area (Å²) in [4.78, 5) is 27.3. The van der Waals surface area contributed by atoms with Gasteiger partial charge in [-0.1, -0.05) is 0 Å². The average molecular weight is 277 g/mol. The third-order valence-electron chi connectivity index (χ3n) is 4.23. The Kier molecular flexibility index (Phi) is 3.46. The zero-order valence-electron chi connectivity index (χ0n) is 11.3. The van der Waals surface area contributed by atoms with Crippen molar-refractivity contribution in [3.05, 3.63) is 22.7 Å². The smallest absolute Gasteiger partial charge is 0.306 e. The molecule has 3 rings (SSSR count). The van der Waals surface area contributed by atoms with Gasteiger partial charge in [0.2, 0.25) is 0 Å². The van der Waals surface area contributed by atoms with Gasteiger partial charge in [0.15, 0.2) is 5.82 Å². The fourth-order valence-corrected chi connectivity index (χ4v) is 2.84. The van der Waals surface area contributed by atoms with Gasteiger partial charge in [-0.2, -0.15) is 0 Å². The summed E-state index contributed by atoms with van der Waals surface area (Å²) in [6.45, 7) is 0. The number of nitrogens with zero attached hydrogens (tertiary/aromatic N) is 2. The zero-order chi connectivity index (χ0) is 14.1. The molecular formula is C14H19N3O3. The molecule has 108 valence electrons. The summed E-state index contributed by atoms with van der Waals surface area (Å²) in [6, 6.07) is 0.495. The van der Waals surface area contributed by atoms with Crippen molar-refractivity contribution in [1.29, 1.82) is 0 Å². The predicted molar refractivity (Wildman–Crippen MR) is 73.8 cm³/mol. The van der Waals surface area contributed by atoms with Crippen LogP contribution in [0.1, 0.15) is 44.6 Å². The van der Waals surface area contributed by atoms with E-state index in [1.165, 1.54) is 0 Å². The lowest BCUT2D eigenvalue weighted by Gasteiger charge is -2.27. The van der Waals surface area contributed by atoms with Crippen molar-refractivity contribution in [2.75, 3.05) is 5.32 Å². The highest BCUT2D eigenvalue weighted by Crippen LogP contribution is 2.33. The molecule has 0 saturated heterocycles. The summed E-state index contributed by atoms with van der Waals surface area (Å²) in [6.07, 6.45) is 8.40. The molecular weight excluding hydrogens is 258 g/mol. The van der Waals surface area contributed by atoms with Crippen molar-refractivity contribution in [1.82, 2.24) is 9.55 Å². The average Bonchev–Trinajstić information content (AvgIpc) is 3.26. The van der Waals surface area contributed by atoms with Crippen LogP contribution in [0.15, 0.2) is 17.2 Å². The molecule has 0 amide bonds. The second kappa shape index (κ2) is 5.26. The van der Waals surface area contributed by atoms with Crippen LogP contribution in [0.5, 0.6) is 0 Å². The molecule has 1 heterocycles. The maximum absolute atomic E-state index is 12.2. The van der Waals surface area contributed by atoms with Crippen LogP contribution in [0.2, 0.25) is 0 Å². The quantitative estimate of drug-likeness (QED) is 0.874. The Morgan fingerprint density at radius 1 is 1.25 bits per heavy atom. The standard InChI is InChI=1S/C14H19N3O3/c18-13-12(15-7-8-17(13)11-5-6-11)16-10-3-1-9(2-4-10)14(19)20/h7-11H,1-6H2,(H,15,16)(H,19,20). The van der Waals surface area contributed by atoms with E-state index in [4.69, 9.17) is 5.11 Å². The van der Waals surface area contributed by atoms with E-state index in [-0.39, 0.29) is 17.5 Å². The normalized spacial score (nSPS) is 26.2. The Labute approximate surface area is 116 Å². The van der Waals surface area contributed by atoms with Crippen LogP contribution in [0, 0.1) is 5.92 Å². The lowest BCUT2D eigenvalue weighted by molar-refractivity contribution is -0.142. The molecule has 2 saturated carbocycles. The van der Waals surface area contributed by atoms with Gasteiger partial charge in [-0.3, -0.25) is 9.59 Å². The maximum atomic E-state index is 12.2. The molecule has 6 heteroatoms. The van der Waals surface area contributed by atoms with Gasteiger partial charge in [0.1, 0.15) is 0 Å². The molecule has 0 unspecified atom stereocenters. The van der Waals surface area contributed by atoms with Gasteiger partial charge in [-0.05, 0) is 38.5 Å². The Balaban J connectivity index is 1.65. The third kappa shape index (κ3) is 2.69. The van der Waals surface area contributed by atoms with Gasteiger partial charge in [0, 0.05) is 24.5 Å². The Bertz CT molecular complexity index is 557. The molecule has 0 aromatic carbocycles. The molecule has 2 N–H and O–H groups in total. The van der Waals surface area contributed by atoms with Gasteiger partial charge in [0.05, 0.1) is 5.92 Å². The number of anilines is 1. The zero-order valence-corrected chi connectivity index (χ0v) is 11.3. The summed E-state index contributed by atoms with van der Waals surface area (Å²) in [5.74, 6) is -0.546. The predicted octanol–water partition coefficient (Wildman–Crippen LogP) is 1.63. The SMILES string of the molecule is O=C(O)C1CCC(Nc2nccn(C3CC3)c2=O)CC1. The minimum Gasteiger partial charge on any atom is -0.481 e. The topological polar surface area (TPSA) is 84.2 Å². The van der Waals surface area contributed by atoms with Crippen molar-refractivity contribution >= 4 is 11.8 Å². The van der Waals surface area contributed by atoms with Gasteiger partial charge in [-0.25, -0.2) is 4.98 Å². The Morgan fingerprint density at radius 2 is 1.95 bits per heavy atom. The van der Waals surface area contributed by atoms with E-state index >= 15 is 0 Å². The van der Waals surface area contributed by atoms with Crippen molar-refractivity contribution in [3.8, 4) is 0 Å². The van der Waals surface area contributed by atoms with E-state index in [2.05, 4.69) is 10.3 Å². The molecule has 6 nitrogen and oxygen atoms in total. The second-order valence-corrected chi connectivity index (χ2v) is 5.75. The van der Waals surface area contributed by atoms with Crippen LogP contribution >= 0.6 is 0 Å². The number of aromatic nitrogens is 2. The molecule has 2 aliphatic carbocycles. The molecule has 0 radical (unpaired) electrons. The lowest BCUT2D eigenvalue weighted by Crippen LogP contribution is -2.33. The van der Waals surface area contributed by atoms with E-state index in [1.54, 1.807) is 17.0 Å². The highest BCUT2D eigenvalue weighted by molar-refractivity contribution is 5.70. The van der Waals surface area contributed by atoms with Crippen molar-refractivity contribution in [3.63, 3.8) is 0 Å². The summed E-state index contributed by atoms with van der Waals surface area (Å²) < 4.78 is 1.75. The molecule has 1 aromatic heterocycles. The molecule has 0 aliphatic heterocycles. The number of aliphatic carboxylic acids is 1. The van der Waals surface area contributed by atoms with E-state index in [0.29, 0.717) is 24.7 Å². The summed E-state index contributed by atoms with van der Waals surface area (Å²) in [7, 11) is 0. The van der Waals surface area contributed by atoms with Crippen LogP contribution in [0.4, 0.5) is 5.82 Å². The number of hydrogen-bond acceptors (Lipinski definition) is 4. The van der Waals surface area contributed by atoms with Crippen molar-refractivity contribution in [2.45, 2.75) is 50.6 Å². The number of hydrogen-bond donors (Lipinski definition) is 2. The highest BCUT2D eigenvalue weighted by atomic mass is 16.4. The van der Waals surface area contributed by atoms with Gasteiger partial charge in [0.25, 0.3) is 5.56 Å². The molecule has 0 spiro atoms. The summed E-state index contributed by atoms with van der Waals surface area (Å²) in [5, 5.41) is 12.2. The van der Waals surface area contributed by atoms with E-state index in [1.807, 2.05) is 0 Å². The first-order valence-corrected chi connectivity index (χ1v) is 7.21. The third-order valence-corrected chi connectivity index (χ3v) is 4.23. The van der Waals surface area contributed by atoms with Crippen LogP contribution < -0.4 is 10.9 Å².